The number of pyridine rings is 1. The Kier molecular flexibility index (Phi) is 4.53. The first-order valence-electron chi connectivity index (χ1n) is 7.60. The summed E-state index contributed by atoms with van der Waals surface area (Å²) < 4.78 is 11.2. The van der Waals surface area contributed by atoms with E-state index in [-0.39, 0.29) is 5.41 Å². The van der Waals surface area contributed by atoms with Gasteiger partial charge in [-0.3, -0.25) is 0 Å². The van der Waals surface area contributed by atoms with Crippen molar-refractivity contribution in [2.45, 2.75) is 20.8 Å². The zero-order valence-corrected chi connectivity index (χ0v) is 14.5. The molecule has 0 saturated heterocycles. The van der Waals surface area contributed by atoms with Crippen LogP contribution in [0.3, 0.4) is 0 Å². The van der Waals surface area contributed by atoms with Crippen LogP contribution in [0.2, 0.25) is 5.02 Å². The minimum absolute atomic E-state index is 0.0234. The molecule has 124 valence electrons. The topological polar surface area (TPSA) is 61.0 Å². The minimum Gasteiger partial charge on any atom is -0.477 e. The molecule has 2 heterocycles. The highest BCUT2D eigenvalue weighted by Gasteiger charge is 2.18. The number of ether oxygens (including phenoxy) is 1. The molecule has 1 aromatic carbocycles. The molecule has 0 aliphatic carbocycles. The van der Waals surface area contributed by atoms with Gasteiger partial charge in [0.25, 0.3) is 5.89 Å². The molecule has 3 rings (SSSR count). The lowest BCUT2D eigenvalue weighted by atomic mass is 9.99. The Morgan fingerprint density at radius 3 is 2.75 bits per heavy atom. The normalized spacial score (nSPS) is 11.5. The van der Waals surface area contributed by atoms with Gasteiger partial charge in [-0.2, -0.15) is 4.98 Å². The van der Waals surface area contributed by atoms with Crippen molar-refractivity contribution in [1.29, 1.82) is 0 Å². The van der Waals surface area contributed by atoms with Crippen molar-refractivity contribution in [2.24, 2.45) is 5.41 Å². The summed E-state index contributed by atoms with van der Waals surface area (Å²) in [6, 6.07) is 11.0. The highest BCUT2D eigenvalue weighted by molar-refractivity contribution is 6.30. The van der Waals surface area contributed by atoms with Crippen molar-refractivity contribution in [3.63, 3.8) is 0 Å². The Bertz CT molecular complexity index is 840. The molecule has 0 bridgehead atoms. The van der Waals surface area contributed by atoms with E-state index in [1.807, 2.05) is 24.3 Å². The molecule has 0 aliphatic heterocycles. The standard InChI is InChI=1S/C18H18ClN3O2/c1-18(2,3)11-23-16-14(8-5-9-20-16)17-21-15(22-24-17)12-6-4-7-13(19)10-12/h4-10H,11H2,1-3H3. The van der Waals surface area contributed by atoms with Gasteiger partial charge < -0.3 is 9.26 Å². The van der Waals surface area contributed by atoms with E-state index < -0.39 is 0 Å². The lowest BCUT2D eigenvalue weighted by Gasteiger charge is -2.18. The molecule has 2 aromatic heterocycles. The second kappa shape index (κ2) is 6.61. The monoisotopic (exact) mass is 343 g/mol. The Hall–Kier alpha value is -2.40. The first-order valence-corrected chi connectivity index (χ1v) is 7.98. The number of nitrogens with zero attached hydrogens (tertiary/aromatic N) is 3. The Labute approximate surface area is 145 Å². The number of halogens is 1. The summed E-state index contributed by atoms with van der Waals surface area (Å²) in [4.78, 5) is 8.72. The van der Waals surface area contributed by atoms with Crippen molar-refractivity contribution in [2.75, 3.05) is 6.61 Å². The third-order valence-corrected chi connectivity index (χ3v) is 3.39. The predicted octanol–water partition coefficient (Wildman–Crippen LogP) is 4.88. The Balaban J connectivity index is 1.90. The number of benzene rings is 1. The summed E-state index contributed by atoms with van der Waals surface area (Å²) in [5, 5.41) is 4.65. The van der Waals surface area contributed by atoms with Crippen LogP contribution in [0.1, 0.15) is 20.8 Å². The molecule has 0 radical (unpaired) electrons. The van der Waals surface area contributed by atoms with E-state index in [9.17, 15) is 0 Å². The SMILES string of the molecule is CC(C)(C)COc1ncccc1-c1nc(-c2cccc(Cl)c2)no1. The lowest BCUT2D eigenvalue weighted by molar-refractivity contribution is 0.192. The third kappa shape index (κ3) is 3.92. The van der Waals surface area contributed by atoms with Crippen LogP contribution in [0, 0.1) is 5.41 Å². The van der Waals surface area contributed by atoms with Gasteiger partial charge in [0.05, 0.1) is 6.61 Å². The van der Waals surface area contributed by atoms with Gasteiger partial charge in [0.2, 0.25) is 11.7 Å². The van der Waals surface area contributed by atoms with E-state index in [2.05, 4.69) is 35.9 Å². The molecule has 0 spiro atoms. The summed E-state index contributed by atoms with van der Waals surface area (Å²) in [7, 11) is 0. The summed E-state index contributed by atoms with van der Waals surface area (Å²) in [6.45, 7) is 6.82. The first-order chi connectivity index (χ1) is 11.4. The quantitative estimate of drug-likeness (QED) is 0.675. The maximum absolute atomic E-state index is 6.01. The van der Waals surface area contributed by atoms with Crippen molar-refractivity contribution in [3.05, 3.63) is 47.6 Å². The van der Waals surface area contributed by atoms with Crippen LogP contribution in [0.15, 0.2) is 47.1 Å². The van der Waals surface area contributed by atoms with Gasteiger partial charge in [-0.15, -0.1) is 0 Å². The van der Waals surface area contributed by atoms with E-state index >= 15 is 0 Å². The van der Waals surface area contributed by atoms with Crippen LogP contribution in [0.4, 0.5) is 0 Å². The number of rotatable bonds is 4. The highest BCUT2D eigenvalue weighted by atomic mass is 35.5. The average Bonchev–Trinajstić information content (AvgIpc) is 3.02. The van der Waals surface area contributed by atoms with Crippen LogP contribution in [-0.2, 0) is 0 Å². The zero-order valence-electron chi connectivity index (χ0n) is 13.8. The molecule has 0 aliphatic rings. The molecule has 0 atom stereocenters. The van der Waals surface area contributed by atoms with E-state index in [1.54, 1.807) is 18.3 Å². The van der Waals surface area contributed by atoms with Crippen LogP contribution in [0.5, 0.6) is 5.88 Å². The van der Waals surface area contributed by atoms with Crippen molar-refractivity contribution >= 4 is 11.6 Å². The van der Waals surface area contributed by atoms with Gasteiger partial charge in [0.15, 0.2) is 0 Å². The molecular weight excluding hydrogens is 326 g/mol. The molecule has 24 heavy (non-hydrogen) atoms. The Morgan fingerprint density at radius 1 is 1.17 bits per heavy atom. The molecule has 0 amide bonds. The second-order valence-electron chi connectivity index (χ2n) is 6.64. The smallest absolute Gasteiger partial charge is 0.263 e. The van der Waals surface area contributed by atoms with Crippen molar-refractivity contribution in [3.8, 4) is 28.7 Å². The van der Waals surface area contributed by atoms with Crippen LogP contribution >= 0.6 is 11.6 Å². The van der Waals surface area contributed by atoms with E-state index in [0.29, 0.717) is 34.8 Å². The van der Waals surface area contributed by atoms with Gasteiger partial charge in [-0.25, -0.2) is 4.98 Å². The summed E-state index contributed by atoms with van der Waals surface area (Å²) in [6.07, 6.45) is 1.68. The molecule has 0 N–H and O–H groups in total. The fourth-order valence-electron chi connectivity index (χ4n) is 2.03. The number of hydrogen-bond acceptors (Lipinski definition) is 5. The molecule has 3 aromatic rings. The van der Waals surface area contributed by atoms with Crippen molar-refractivity contribution < 1.29 is 9.26 Å². The zero-order chi connectivity index (χ0) is 17.2. The van der Waals surface area contributed by atoms with Crippen LogP contribution in [0.25, 0.3) is 22.8 Å². The molecule has 0 fully saturated rings. The molecular formula is C18H18ClN3O2. The molecule has 0 unspecified atom stereocenters. The van der Waals surface area contributed by atoms with Gasteiger partial charge in [0, 0.05) is 16.8 Å². The maximum atomic E-state index is 6.01. The minimum atomic E-state index is 0.0234. The number of aromatic nitrogens is 3. The third-order valence-electron chi connectivity index (χ3n) is 3.15. The molecule has 0 saturated carbocycles. The maximum Gasteiger partial charge on any atom is 0.263 e. The molecule has 5 nitrogen and oxygen atoms in total. The molecule has 6 heteroatoms. The average molecular weight is 344 g/mol. The largest absolute Gasteiger partial charge is 0.477 e. The van der Waals surface area contributed by atoms with E-state index in [1.165, 1.54) is 0 Å². The van der Waals surface area contributed by atoms with Gasteiger partial charge in [0.1, 0.15) is 5.56 Å². The van der Waals surface area contributed by atoms with Gasteiger partial charge >= 0.3 is 0 Å². The predicted molar refractivity (Wildman–Crippen MR) is 92.9 cm³/mol. The summed E-state index contributed by atoms with van der Waals surface area (Å²) in [5.74, 6) is 1.31. The number of hydrogen-bond donors (Lipinski definition) is 0. The lowest BCUT2D eigenvalue weighted by Crippen LogP contribution is -2.17. The van der Waals surface area contributed by atoms with Crippen molar-refractivity contribution in [1.82, 2.24) is 15.1 Å². The fourth-order valence-corrected chi connectivity index (χ4v) is 2.22. The van der Waals surface area contributed by atoms with Crippen LogP contribution < -0.4 is 4.74 Å². The van der Waals surface area contributed by atoms with Crippen LogP contribution in [-0.4, -0.2) is 21.7 Å². The van der Waals surface area contributed by atoms with E-state index in [4.69, 9.17) is 20.9 Å². The second-order valence-corrected chi connectivity index (χ2v) is 7.08. The summed E-state index contributed by atoms with van der Waals surface area (Å²) >= 11 is 6.01. The fraction of sp³-hybridized carbons (Fsp3) is 0.278. The van der Waals surface area contributed by atoms with E-state index in [0.717, 1.165) is 5.56 Å². The summed E-state index contributed by atoms with van der Waals surface area (Å²) in [5.41, 5.74) is 1.48. The first kappa shape index (κ1) is 16.5. The van der Waals surface area contributed by atoms with Gasteiger partial charge in [-0.1, -0.05) is 49.7 Å². The van der Waals surface area contributed by atoms with Gasteiger partial charge in [-0.05, 0) is 29.7 Å². The Morgan fingerprint density at radius 2 is 2.00 bits per heavy atom. The highest BCUT2D eigenvalue weighted by Crippen LogP contribution is 2.30.